The molecule has 0 aliphatic rings. The highest BCUT2D eigenvalue weighted by Crippen LogP contribution is 2.24. The largest absolute Gasteiger partial charge is 0.496 e. The summed E-state index contributed by atoms with van der Waals surface area (Å²) in [7, 11) is 1.70. The Labute approximate surface area is 116 Å². The van der Waals surface area contributed by atoms with Crippen molar-refractivity contribution in [2.45, 2.75) is 31.6 Å². The van der Waals surface area contributed by atoms with E-state index in [9.17, 15) is 0 Å². The Kier molecular flexibility index (Phi) is 6.38. The third-order valence-electron chi connectivity index (χ3n) is 2.37. The summed E-state index contributed by atoms with van der Waals surface area (Å²) in [5.74, 6) is 1.89. The highest BCUT2D eigenvalue weighted by Gasteiger charge is 2.10. The molecule has 0 spiro atoms. The highest BCUT2D eigenvalue weighted by molar-refractivity contribution is 9.10. The van der Waals surface area contributed by atoms with Crippen molar-refractivity contribution in [3.63, 3.8) is 0 Å². The molecule has 4 heteroatoms. The van der Waals surface area contributed by atoms with Gasteiger partial charge in [0.1, 0.15) is 5.75 Å². The lowest BCUT2D eigenvalue weighted by Crippen LogP contribution is -2.26. The van der Waals surface area contributed by atoms with E-state index in [-0.39, 0.29) is 6.04 Å². The van der Waals surface area contributed by atoms with Gasteiger partial charge in [-0.1, -0.05) is 29.8 Å². The van der Waals surface area contributed by atoms with E-state index in [0.29, 0.717) is 5.25 Å². The molecule has 0 bridgehead atoms. The number of thioether (sulfide) groups is 1. The van der Waals surface area contributed by atoms with Crippen molar-refractivity contribution in [3.8, 4) is 5.75 Å². The van der Waals surface area contributed by atoms with E-state index in [1.54, 1.807) is 7.11 Å². The summed E-state index contributed by atoms with van der Waals surface area (Å²) in [6.07, 6.45) is 0.850. The molecule has 1 aromatic rings. The molecule has 0 amide bonds. The van der Waals surface area contributed by atoms with E-state index in [2.05, 4.69) is 35.8 Å². The Morgan fingerprint density at radius 3 is 2.71 bits per heavy atom. The van der Waals surface area contributed by atoms with Crippen LogP contribution in [0.4, 0.5) is 0 Å². The minimum Gasteiger partial charge on any atom is -0.496 e. The molecule has 2 N–H and O–H groups in total. The summed E-state index contributed by atoms with van der Waals surface area (Å²) in [5.41, 5.74) is 7.30. The maximum absolute atomic E-state index is 6.14. The minimum atomic E-state index is 0.172. The van der Waals surface area contributed by atoms with Gasteiger partial charge in [0, 0.05) is 16.3 Å². The molecular weight excluding hydrogens is 298 g/mol. The van der Waals surface area contributed by atoms with Crippen LogP contribution in [0.3, 0.4) is 0 Å². The first kappa shape index (κ1) is 14.9. The van der Waals surface area contributed by atoms with E-state index >= 15 is 0 Å². The molecule has 0 saturated carbocycles. The van der Waals surface area contributed by atoms with Gasteiger partial charge in [0.15, 0.2) is 0 Å². The van der Waals surface area contributed by atoms with Gasteiger partial charge in [0.2, 0.25) is 0 Å². The fraction of sp³-hybridized carbons (Fsp3) is 0.538. The van der Waals surface area contributed by atoms with Crippen LogP contribution >= 0.6 is 27.7 Å². The molecule has 0 saturated heterocycles. The number of methoxy groups -OCH3 is 1. The Bertz CT molecular complexity index is 357. The molecule has 0 aliphatic heterocycles. The van der Waals surface area contributed by atoms with Crippen LogP contribution in [0.25, 0.3) is 0 Å². The smallest absolute Gasteiger partial charge is 0.122 e. The van der Waals surface area contributed by atoms with Crippen LogP contribution in [0.15, 0.2) is 22.7 Å². The third kappa shape index (κ3) is 5.32. The van der Waals surface area contributed by atoms with Crippen molar-refractivity contribution in [1.29, 1.82) is 0 Å². The molecule has 1 aromatic carbocycles. The molecule has 1 atom stereocenters. The van der Waals surface area contributed by atoms with Crippen LogP contribution < -0.4 is 10.5 Å². The van der Waals surface area contributed by atoms with Crippen molar-refractivity contribution in [2.24, 2.45) is 5.73 Å². The third-order valence-corrected chi connectivity index (χ3v) is 4.15. The van der Waals surface area contributed by atoms with E-state index in [1.807, 2.05) is 23.9 Å². The summed E-state index contributed by atoms with van der Waals surface area (Å²) in [5, 5.41) is 0.630. The van der Waals surface area contributed by atoms with Gasteiger partial charge in [-0.05, 0) is 35.4 Å². The zero-order chi connectivity index (χ0) is 12.8. The first-order valence-corrected chi connectivity index (χ1v) is 7.56. The van der Waals surface area contributed by atoms with Gasteiger partial charge >= 0.3 is 0 Å². The lowest BCUT2D eigenvalue weighted by Gasteiger charge is -2.15. The number of nitrogens with two attached hydrogens (primary N) is 1. The molecule has 1 unspecified atom stereocenters. The van der Waals surface area contributed by atoms with Crippen molar-refractivity contribution in [1.82, 2.24) is 0 Å². The quantitative estimate of drug-likeness (QED) is 0.872. The fourth-order valence-electron chi connectivity index (χ4n) is 1.56. The van der Waals surface area contributed by atoms with Gasteiger partial charge in [0.25, 0.3) is 0 Å². The minimum absolute atomic E-state index is 0.172. The first-order chi connectivity index (χ1) is 8.02. The van der Waals surface area contributed by atoms with Gasteiger partial charge in [-0.2, -0.15) is 11.8 Å². The Morgan fingerprint density at radius 1 is 1.41 bits per heavy atom. The lowest BCUT2D eigenvalue weighted by molar-refractivity contribution is 0.408. The first-order valence-electron chi connectivity index (χ1n) is 5.72. The van der Waals surface area contributed by atoms with Crippen LogP contribution in [0.2, 0.25) is 0 Å². The average molecular weight is 318 g/mol. The predicted molar refractivity (Wildman–Crippen MR) is 80.0 cm³/mol. The van der Waals surface area contributed by atoms with Gasteiger partial charge in [-0.25, -0.2) is 0 Å². The van der Waals surface area contributed by atoms with Crippen molar-refractivity contribution < 1.29 is 4.74 Å². The Hall–Kier alpha value is -0.190. The molecule has 96 valence electrons. The van der Waals surface area contributed by atoms with E-state index < -0.39 is 0 Å². The SMILES string of the molecule is COc1ccc(Br)cc1CC(N)CSC(C)C. The molecule has 0 heterocycles. The second-order valence-electron chi connectivity index (χ2n) is 4.30. The highest BCUT2D eigenvalue weighted by atomic mass is 79.9. The predicted octanol–water partition coefficient (Wildman–Crippen LogP) is 3.47. The number of ether oxygens (including phenoxy) is 1. The van der Waals surface area contributed by atoms with Crippen LogP contribution in [-0.2, 0) is 6.42 Å². The lowest BCUT2D eigenvalue weighted by atomic mass is 10.1. The summed E-state index contributed by atoms with van der Waals surface area (Å²) in [6, 6.07) is 6.21. The van der Waals surface area contributed by atoms with E-state index in [1.165, 1.54) is 5.56 Å². The summed E-state index contributed by atoms with van der Waals surface area (Å²) >= 11 is 5.37. The molecular formula is C13H20BrNOS. The molecule has 1 rings (SSSR count). The number of benzene rings is 1. The van der Waals surface area contributed by atoms with E-state index in [4.69, 9.17) is 10.5 Å². The molecule has 0 fully saturated rings. The number of hydrogen-bond acceptors (Lipinski definition) is 3. The zero-order valence-corrected chi connectivity index (χ0v) is 13.0. The van der Waals surface area contributed by atoms with E-state index in [0.717, 1.165) is 22.4 Å². The number of halogens is 1. The summed E-state index contributed by atoms with van der Waals surface area (Å²) in [4.78, 5) is 0. The molecule has 17 heavy (non-hydrogen) atoms. The van der Waals surface area contributed by atoms with Crippen molar-refractivity contribution >= 4 is 27.7 Å². The second kappa shape index (κ2) is 7.29. The topological polar surface area (TPSA) is 35.2 Å². The van der Waals surface area contributed by atoms with Crippen LogP contribution in [0, 0.1) is 0 Å². The molecule has 0 aromatic heterocycles. The summed E-state index contributed by atoms with van der Waals surface area (Å²) < 4.78 is 6.41. The van der Waals surface area contributed by atoms with Crippen LogP contribution in [0.5, 0.6) is 5.75 Å². The monoisotopic (exact) mass is 317 g/mol. The standard InChI is InChI=1S/C13H20BrNOS/c1-9(2)17-8-12(15)7-10-6-11(14)4-5-13(10)16-3/h4-6,9,12H,7-8,15H2,1-3H3. The summed E-state index contributed by atoms with van der Waals surface area (Å²) in [6.45, 7) is 4.38. The van der Waals surface area contributed by atoms with Gasteiger partial charge in [-0.15, -0.1) is 0 Å². The fourth-order valence-corrected chi connectivity index (χ4v) is 2.72. The van der Waals surface area contributed by atoms with Gasteiger partial charge < -0.3 is 10.5 Å². The van der Waals surface area contributed by atoms with Crippen molar-refractivity contribution in [2.75, 3.05) is 12.9 Å². The van der Waals surface area contributed by atoms with Gasteiger partial charge in [-0.3, -0.25) is 0 Å². The van der Waals surface area contributed by atoms with Crippen molar-refractivity contribution in [3.05, 3.63) is 28.2 Å². The second-order valence-corrected chi connectivity index (χ2v) is 6.83. The van der Waals surface area contributed by atoms with Crippen LogP contribution in [0.1, 0.15) is 19.4 Å². The Balaban J connectivity index is 2.63. The number of hydrogen-bond donors (Lipinski definition) is 1. The molecule has 2 nitrogen and oxygen atoms in total. The molecule has 0 aliphatic carbocycles. The number of rotatable bonds is 6. The Morgan fingerprint density at radius 2 is 2.12 bits per heavy atom. The van der Waals surface area contributed by atoms with Gasteiger partial charge in [0.05, 0.1) is 7.11 Å². The maximum atomic E-state index is 6.14. The van der Waals surface area contributed by atoms with Crippen LogP contribution in [-0.4, -0.2) is 24.2 Å². The normalized spacial score (nSPS) is 12.8. The average Bonchev–Trinajstić information content (AvgIpc) is 2.27. The molecule has 0 radical (unpaired) electrons. The zero-order valence-electron chi connectivity index (χ0n) is 10.6. The maximum Gasteiger partial charge on any atom is 0.122 e.